The van der Waals surface area contributed by atoms with Crippen LogP contribution >= 0.6 is 0 Å². The Labute approximate surface area is 156 Å². The molecule has 0 aliphatic heterocycles. The van der Waals surface area contributed by atoms with Crippen molar-refractivity contribution in [3.05, 3.63) is 95.1 Å². The first-order chi connectivity index (χ1) is 13.0. The molecule has 0 saturated carbocycles. The Hall–Kier alpha value is -3.32. The van der Waals surface area contributed by atoms with Crippen LogP contribution in [0, 0.1) is 0 Å². The summed E-state index contributed by atoms with van der Waals surface area (Å²) in [5.41, 5.74) is 1.36. The van der Waals surface area contributed by atoms with Crippen LogP contribution in [0.5, 0.6) is 0 Å². The largest absolute Gasteiger partial charge is 0.420 e. The number of sulfone groups is 1. The fourth-order valence-electron chi connectivity index (χ4n) is 2.21. The maximum Gasteiger partial charge on any atom is 0.240 e. The Morgan fingerprint density at radius 1 is 0.926 bits per heavy atom. The van der Waals surface area contributed by atoms with Crippen molar-refractivity contribution < 1.29 is 17.6 Å². The van der Waals surface area contributed by atoms with Crippen LogP contribution in [0.4, 0.5) is 0 Å². The minimum Gasteiger partial charge on any atom is -0.420 e. The molecule has 6 nitrogen and oxygen atoms in total. The Morgan fingerprint density at radius 2 is 1.59 bits per heavy atom. The van der Waals surface area contributed by atoms with Crippen molar-refractivity contribution in [1.82, 2.24) is 10.2 Å². The van der Waals surface area contributed by atoms with E-state index in [1.807, 2.05) is 30.3 Å². The lowest BCUT2D eigenvalue weighted by atomic mass is 10.1. The second-order valence-corrected chi connectivity index (χ2v) is 7.50. The highest BCUT2D eigenvalue weighted by Crippen LogP contribution is 2.11. The summed E-state index contributed by atoms with van der Waals surface area (Å²) in [5, 5.41) is 8.40. The standard InChI is InChI=1S/C20H16N2O4S/c23-18(17-9-5-2-6-10-17)13-14-27(24,25)15-20-22-21-19(26-20)12-11-16-7-3-1-4-8-16/h1-14H,15H2. The van der Waals surface area contributed by atoms with Crippen LogP contribution in [0.1, 0.15) is 27.7 Å². The number of nitrogens with zero attached hydrogens (tertiary/aromatic N) is 2. The first kappa shape index (κ1) is 18.5. The summed E-state index contributed by atoms with van der Waals surface area (Å²) in [6.45, 7) is 0. The van der Waals surface area contributed by atoms with Crippen molar-refractivity contribution in [2.75, 3.05) is 0 Å². The van der Waals surface area contributed by atoms with Gasteiger partial charge in [-0.1, -0.05) is 60.7 Å². The van der Waals surface area contributed by atoms with E-state index < -0.39 is 21.4 Å². The molecule has 136 valence electrons. The van der Waals surface area contributed by atoms with Crippen molar-refractivity contribution in [2.45, 2.75) is 5.75 Å². The first-order valence-electron chi connectivity index (χ1n) is 8.07. The van der Waals surface area contributed by atoms with Gasteiger partial charge in [0.25, 0.3) is 0 Å². The maximum absolute atomic E-state index is 12.1. The molecule has 2 aromatic carbocycles. The van der Waals surface area contributed by atoms with E-state index in [4.69, 9.17) is 4.42 Å². The summed E-state index contributed by atoms with van der Waals surface area (Å²) in [6.07, 6.45) is 4.41. The lowest BCUT2D eigenvalue weighted by molar-refractivity contribution is 0.104. The fraction of sp³-hybridized carbons (Fsp3) is 0.0500. The molecule has 0 amide bonds. The lowest BCUT2D eigenvalue weighted by Gasteiger charge is -1.95. The molecule has 0 spiro atoms. The number of hydrogen-bond acceptors (Lipinski definition) is 6. The second-order valence-electron chi connectivity index (χ2n) is 5.62. The molecule has 0 saturated heterocycles. The third-order valence-electron chi connectivity index (χ3n) is 3.51. The monoisotopic (exact) mass is 380 g/mol. The molecule has 0 bridgehead atoms. The van der Waals surface area contributed by atoms with Gasteiger partial charge in [0, 0.05) is 17.0 Å². The van der Waals surface area contributed by atoms with Gasteiger partial charge in [-0.25, -0.2) is 8.42 Å². The summed E-state index contributed by atoms with van der Waals surface area (Å²) < 4.78 is 29.6. The number of hydrogen-bond donors (Lipinski definition) is 0. The summed E-state index contributed by atoms with van der Waals surface area (Å²) in [5.74, 6) is -0.707. The van der Waals surface area contributed by atoms with Crippen molar-refractivity contribution in [2.24, 2.45) is 0 Å². The molecule has 0 N–H and O–H groups in total. The number of carbonyl (C=O) groups is 1. The van der Waals surface area contributed by atoms with Gasteiger partial charge in [0.05, 0.1) is 0 Å². The quantitative estimate of drug-likeness (QED) is 0.460. The van der Waals surface area contributed by atoms with E-state index in [9.17, 15) is 13.2 Å². The number of ketones is 1. The van der Waals surface area contributed by atoms with Crippen LogP contribution in [0.3, 0.4) is 0 Å². The SMILES string of the molecule is O=C(C=CS(=O)(=O)Cc1nnc(C=Cc2ccccc2)o1)c1ccccc1. The van der Waals surface area contributed by atoms with Crippen LogP contribution in [-0.2, 0) is 15.6 Å². The van der Waals surface area contributed by atoms with Crippen LogP contribution < -0.4 is 0 Å². The molecular formula is C20H16N2O4S. The van der Waals surface area contributed by atoms with Crippen molar-refractivity contribution >= 4 is 27.8 Å². The Bertz CT molecular complexity index is 1070. The molecule has 3 aromatic rings. The number of aromatic nitrogens is 2. The zero-order valence-electron chi connectivity index (χ0n) is 14.2. The fourth-order valence-corrected chi connectivity index (χ4v) is 3.10. The van der Waals surface area contributed by atoms with Crippen LogP contribution in [0.25, 0.3) is 12.2 Å². The van der Waals surface area contributed by atoms with E-state index >= 15 is 0 Å². The number of allylic oxidation sites excluding steroid dienone is 1. The minimum absolute atomic E-state index is 0.0421. The normalized spacial score (nSPS) is 12.0. The Morgan fingerprint density at radius 3 is 2.30 bits per heavy atom. The van der Waals surface area contributed by atoms with Crippen molar-refractivity contribution in [3.8, 4) is 0 Å². The molecule has 0 aliphatic rings. The number of benzene rings is 2. The Kier molecular flexibility index (Phi) is 5.73. The zero-order valence-corrected chi connectivity index (χ0v) is 15.0. The van der Waals surface area contributed by atoms with Gasteiger partial charge in [-0.15, -0.1) is 10.2 Å². The molecule has 0 atom stereocenters. The second kappa shape index (κ2) is 8.37. The summed E-state index contributed by atoms with van der Waals surface area (Å²) in [4.78, 5) is 12.0. The topological polar surface area (TPSA) is 90.1 Å². The number of rotatable bonds is 7. The van der Waals surface area contributed by atoms with E-state index in [1.165, 1.54) is 0 Å². The van der Waals surface area contributed by atoms with E-state index in [2.05, 4.69) is 10.2 Å². The molecule has 27 heavy (non-hydrogen) atoms. The van der Waals surface area contributed by atoms with Gasteiger partial charge < -0.3 is 4.42 Å². The maximum atomic E-state index is 12.1. The van der Waals surface area contributed by atoms with Gasteiger partial charge in [0.1, 0.15) is 5.75 Å². The average molecular weight is 380 g/mol. The van der Waals surface area contributed by atoms with Gasteiger partial charge in [-0.2, -0.15) is 0 Å². The molecule has 1 aromatic heterocycles. The molecule has 0 aliphatic carbocycles. The van der Waals surface area contributed by atoms with Crippen molar-refractivity contribution in [3.63, 3.8) is 0 Å². The molecule has 0 fully saturated rings. The minimum atomic E-state index is -3.71. The third kappa shape index (κ3) is 5.58. The van der Waals surface area contributed by atoms with E-state index in [0.29, 0.717) is 5.56 Å². The van der Waals surface area contributed by atoms with Gasteiger partial charge in [0.15, 0.2) is 15.6 Å². The van der Waals surface area contributed by atoms with Crippen LogP contribution in [0.2, 0.25) is 0 Å². The number of carbonyl (C=O) groups excluding carboxylic acids is 1. The van der Waals surface area contributed by atoms with Crippen LogP contribution in [-0.4, -0.2) is 24.4 Å². The predicted octanol–water partition coefficient (Wildman–Crippen LogP) is 3.55. The van der Waals surface area contributed by atoms with E-state index in [0.717, 1.165) is 17.0 Å². The summed E-state index contributed by atoms with van der Waals surface area (Å²) >= 11 is 0. The van der Waals surface area contributed by atoms with Gasteiger partial charge in [-0.05, 0) is 17.7 Å². The van der Waals surface area contributed by atoms with Crippen LogP contribution in [0.15, 0.2) is 76.6 Å². The average Bonchev–Trinajstić information content (AvgIpc) is 3.12. The lowest BCUT2D eigenvalue weighted by Crippen LogP contribution is -2.02. The molecule has 0 unspecified atom stereocenters. The highest BCUT2D eigenvalue weighted by molar-refractivity contribution is 7.93. The molecular weight excluding hydrogens is 364 g/mol. The summed E-state index contributed by atoms with van der Waals surface area (Å²) in [6, 6.07) is 17.9. The van der Waals surface area contributed by atoms with Crippen molar-refractivity contribution in [1.29, 1.82) is 0 Å². The Balaban J connectivity index is 1.64. The predicted molar refractivity (Wildman–Crippen MR) is 102 cm³/mol. The summed E-state index contributed by atoms with van der Waals surface area (Å²) in [7, 11) is -3.71. The van der Waals surface area contributed by atoms with E-state index in [-0.39, 0.29) is 11.8 Å². The molecule has 1 heterocycles. The van der Waals surface area contributed by atoms with Gasteiger partial charge in [0.2, 0.25) is 11.8 Å². The van der Waals surface area contributed by atoms with Gasteiger partial charge in [-0.3, -0.25) is 4.79 Å². The molecule has 7 heteroatoms. The first-order valence-corrected chi connectivity index (χ1v) is 9.79. The zero-order chi connectivity index (χ0) is 19.1. The molecule has 3 rings (SSSR count). The van der Waals surface area contributed by atoms with E-state index in [1.54, 1.807) is 42.5 Å². The van der Waals surface area contributed by atoms with Gasteiger partial charge >= 0.3 is 0 Å². The third-order valence-corrected chi connectivity index (χ3v) is 4.71. The highest BCUT2D eigenvalue weighted by atomic mass is 32.2. The molecule has 0 radical (unpaired) electrons. The highest BCUT2D eigenvalue weighted by Gasteiger charge is 2.14. The smallest absolute Gasteiger partial charge is 0.240 e.